The molecule has 0 N–H and O–H groups in total. The fourth-order valence-corrected chi connectivity index (χ4v) is 3.41. The maximum Gasteiger partial charge on any atom is 0.419 e. The van der Waals surface area contributed by atoms with Crippen molar-refractivity contribution in [2.45, 2.75) is 31.4 Å². The first-order chi connectivity index (χ1) is 11.4. The average molecular weight is 335 g/mol. The Kier molecular flexibility index (Phi) is 3.37. The Morgan fingerprint density at radius 3 is 2.79 bits per heavy atom. The minimum atomic E-state index is -4.73. The third-order valence-corrected chi connectivity index (χ3v) is 4.49. The largest absolute Gasteiger partial charge is 0.470 e. The van der Waals surface area contributed by atoms with Gasteiger partial charge in [0.25, 0.3) is 0 Å². The summed E-state index contributed by atoms with van der Waals surface area (Å²) in [4.78, 5) is 4.55. The molecule has 1 aromatic heterocycles. The lowest BCUT2D eigenvalue weighted by Crippen LogP contribution is -2.20. The lowest BCUT2D eigenvalue weighted by Gasteiger charge is -2.29. The summed E-state index contributed by atoms with van der Waals surface area (Å²) in [7, 11) is 0. The summed E-state index contributed by atoms with van der Waals surface area (Å²) in [6.45, 7) is 0. The highest BCUT2D eigenvalue weighted by Crippen LogP contribution is 2.46. The van der Waals surface area contributed by atoms with E-state index in [4.69, 9.17) is 4.42 Å². The number of benzene rings is 1. The highest BCUT2D eigenvalue weighted by Gasteiger charge is 2.37. The van der Waals surface area contributed by atoms with Crippen LogP contribution in [-0.2, 0) is 6.18 Å². The molecule has 0 saturated heterocycles. The van der Waals surface area contributed by atoms with Gasteiger partial charge in [-0.25, -0.2) is 9.38 Å². The Labute approximate surface area is 135 Å². The molecule has 2 heterocycles. The number of allylic oxidation sites excluding steroid dienone is 2. The Hall–Kier alpha value is -2.37. The Morgan fingerprint density at radius 2 is 2.00 bits per heavy atom. The van der Waals surface area contributed by atoms with Gasteiger partial charge in [0.15, 0.2) is 0 Å². The van der Waals surface area contributed by atoms with E-state index in [2.05, 4.69) is 4.99 Å². The van der Waals surface area contributed by atoms with Crippen molar-refractivity contribution in [3.05, 3.63) is 64.9 Å². The molecule has 1 aliphatic heterocycles. The third-order valence-electron chi connectivity index (χ3n) is 4.49. The zero-order valence-corrected chi connectivity index (χ0v) is 12.5. The van der Waals surface area contributed by atoms with E-state index in [1.165, 1.54) is 18.6 Å². The van der Waals surface area contributed by atoms with Gasteiger partial charge in [0.2, 0.25) is 0 Å². The molecule has 0 amide bonds. The van der Waals surface area contributed by atoms with E-state index in [-0.39, 0.29) is 0 Å². The zero-order chi connectivity index (χ0) is 16.9. The van der Waals surface area contributed by atoms with Crippen LogP contribution in [0.4, 0.5) is 23.2 Å². The molecule has 1 aliphatic carbocycles. The van der Waals surface area contributed by atoms with E-state index in [9.17, 15) is 17.6 Å². The van der Waals surface area contributed by atoms with Crippen LogP contribution in [0.25, 0.3) is 0 Å². The molecule has 24 heavy (non-hydrogen) atoms. The molecule has 2 aliphatic rings. The van der Waals surface area contributed by atoms with Crippen LogP contribution in [-0.4, -0.2) is 5.71 Å². The topological polar surface area (TPSA) is 25.5 Å². The van der Waals surface area contributed by atoms with Crippen LogP contribution in [0.2, 0.25) is 0 Å². The summed E-state index contributed by atoms with van der Waals surface area (Å²) >= 11 is 0. The van der Waals surface area contributed by atoms with Crippen molar-refractivity contribution in [2.75, 3.05) is 0 Å². The fourth-order valence-electron chi connectivity index (χ4n) is 3.41. The number of fused-ring (bicyclic) bond motifs is 2. The van der Waals surface area contributed by atoms with Crippen molar-refractivity contribution in [3.8, 4) is 0 Å². The first-order valence-corrected chi connectivity index (χ1v) is 7.66. The lowest BCUT2D eigenvalue weighted by molar-refractivity contribution is -0.140. The highest BCUT2D eigenvalue weighted by atomic mass is 19.4. The second-order valence-corrected chi connectivity index (χ2v) is 5.99. The number of hydrogen-bond donors (Lipinski definition) is 0. The van der Waals surface area contributed by atoms with Gasteiger partial charge in [0.1, 0.15) is 17.8 Å². The maximum atomic E-state index is 13.6. The molecule has 0 fully saturated rings. The fraction of sp³-hybridized carbons (Fsp3) is 0.278. The SMILES string of the molecule is Fc1ccc(C2C3=CCCCC3=Nc3cocc32)cc1C(F)(F)F. The van der Waals surface area contributed by atoms with E-state index in [1.807, 2.05) is 6.08 Å². The van der Waals surface area contributed by atoms with Gasteiger partial charge in [-0.1, -0.05) is 12.1 Å². The highest BCUT2D eigenvalue weighted by molar-refractivity contribution is 6.06. The number of nitrogens with zero attached hydrogens (tertiary/aromatic N) is 1. The number of alkyl halides is 3. The smallest absolute Gasteiger partial charge is 0.419 e. The van der Waals surface area contributed by atoms with Gasteiger partial charge in [-0.15, -0.1) is 0 Å². The maximum absolute atomic E-state index is 13.6. The van der Waals surface area contributed by atoms with Crippen LogP contribution in [0.5, 0.6) is 0 Å². The summed E-state index contributed by atoms with van der Waals surface area (Å²) in [6.07, 6.45) is 2.87. The van der Waals surface area contributed by atoms with Crippen molar-refractivity contribution in [3.63, 3.8) is 0 Å². The zero-order valence-electron chi connectivity index (χ0n) is 12.5. The summed E-state index contributed by atoms with van der Waals surface area (Å²) in [5.74, 6) is -1.67. The van der Waals surface area contributed by atoms with E-state index in [0.717, 1.165) is 42.7 Å². The van der Waals surface area contributed by atoms with Crippen molar-refractivity contribution in [2.24, 2.45) is 4.99 Å². The van der Waals surface area contributed by atoms with Gasteiger partial charge in [-0.2, -0.15) is 13.2 Å². The van der Waals surface area contributed by atoms with Crippen LogP contribution in [0.15, 0.2) is 51.8 Å². The average Bonchev–Trinajstić information content (AvgIpc) is 3.00. The molecular formula is C18H13F4NO. The van der Waals surface area contributed by atoms with Crippen LogP contribution >= 0.6 is 0 Å². The Morgan fingerprint density at radius 1 is 1.17 bits per heavy atom. The van der Waals surface area contributed by atoms with E-state index in [1.54, 1.807) is 0 Å². The summed E-state index contributed by atoms with van der Waals surface area (Å²) < 4.78 is 58.0. The standard InChI is InChI=1S/C18H13F4NO/c19-14-6-5-10(7-13(14)18(20,21)22)17-11-3-1-2-4-15(11)23-16-9-24-8-12(16)17/h3,5-9,17H,1-2,4H2. The molecular weight excluding hydrogens is 322 g/mol. The summed E-state index contributed by atoms with van der Waals surface area (Å²) in [5.41, 5.74) is 2.27. The monoisotopic (exact) mass is 335 g/mol. The van der Waals surface area contributed by atoms with Crippen LogP contribution in [0, 0.1) is 5.82 Å². The molecule has 2 aromatic rings. The molecule has 6 heteroatoms. The van der Waals surface area contributed by atoms with Gasteiger partial charge >= 0.3 is 6.18 Å². The van der Waals surface area contributed by atoms with Gasteiger partial charge in [-0.05, 0) is 42.5 Å². The molecule has 1 aromatic carbocycles. The van der Waals surface area contributed by atoms with Gasteiger partial charge in [-0.3, -0.25) is 0 Å². The normalized spacial score (nSPS) is 20.1. The lowest BCUT2D eigenvalue weighted by atomic mass is 9.77. The molecule has 0 radical (unpaired) electrons. The molecule has 1 atom stereocenters. The van der Waals surface area contributed by atoms with Crippen LogP contribution in [0.1, 0.15) is 41.9 Å². The van der Waals surface area contributed by atoms with Crippen molar-refractivity contribution in [1.29, 1.82) is 0 Å². The van der Waals surface area contributed by atoms with Crippen molar-refractivity contribution >= 4 is 11.4 Å². The quantitative estimate of drug-likeness (QED) is 0.608. The van der Waals surface area contributed by atoms with E-state index >= 15 is 0 Å². The van der Waals surface area contributed by atoms with Crippen molar-refractivity contribution in [1.82, 2.24) is 0 Å². The van der Waals surface area contributed by atoms with Gasteiger partial charge < -0.3 is 4.42 Å². The predicted molar refractivity (Wildman–Crippen MR) is 81.0 cm³/mol. The Bertz CT molecular complexity index is 860. The summed E-state index contributed by atoms with van der Waals surface area (Å²) in [6, 6.07) is 3.19. The second kappa shape index (κ2) is 5.33. The van der Waals surface area contributed by atoms with Crippen LogP contribution < -0.4 is 0 Å². The summed E-state index contributed by atoms with van der Waals surface area (Å²) in [5, 5.41) is 0. The second-order valence-electron chi connectivity index (χ2n) is 5.99. The van der Waals surface area contributed by atoms with E-state index < -0.39 is 23.5 Å². The first-order valence-electron chi connectivity index (χ1n) is 7.66. The molecule has 0 saturated carbocycles. The molecule has 1 unspecified atom stereocenters. The Balaban J connectivity index is 1.89. The van der Waals surface area contributed by atoms with Gasteiger partial charge in [0.05, 0.1) is 11.8 Å². The molecule has 0 bridgehead atoms. The van der Waals surface area contributed by atoms with Crippen molar-refractivity contribution < 1.29 is 22.0 Å². The first kappa shape index (κ1) is 15.2. The van der Waals surface area contributed by atoms with E-state index in [0.29, 0.717) is 16.8 Å². The number of aliphatic imine (C=N–C) groups is 1. The third kappa shape index (κ3) is 2.37. The van der Waals surface area contributed by atoms with Gasteiger partial charge in [0, 0.05) is 17.2 Å². The number of rotatable bonds is 1. The number of hydrogen-bond acceptors (Lipinski definition) is 2. The molecule has 4 rings (SSSR count). The molecule has 0 spiro atoms. The minimum Gasteiger partial charge on any atom is -0.470 e. The predicted octanol–water partition coefficient (Wildman–Crippen LogP) is 5.77. The number of halogens is 4. The van der Waals surface area contributed by atoms with Crippen LogP contribution in [0.3, 0.4) is 0 Å². The minimum absolute atomic E-state index is 0.395. The molecule has 2 nitrogen and oxygen atoms in total. The molecule has 124 valence electrons. The number of furan rings is 1.